The molecule has 0 amide bonds. The lowest BCUT2D eigenvalue weighted by atomic mass is 10.0. The maximum absolute atomic E-state index is 12.9. The molecule has 0 aliphatic carbocycles. The van der Waals surface area contributed by atoms with Gasteiger partial charge in [-0.05, 0) is 17.5 Å². The number of methoxy groups -OCH3 is 1. The molecule has 0 bridgehead atoms. The average Bonchev–Trinajstić information content (AvgIpc) is 2.45. The van der Waals surface area contributed by atoms with Crippen LogP contribution in [-0.2, 0) is 4.74 Å². The van der Waals surface area contributed by atoms with Gasteiger partial charge in [-0.15, -0.1) is 0 Å². The van der Waals surface area contributed by atoms with Crippen LogP contribution in [0, 0.1) is 5.92 Å². The highest BCUT2D eigenvalue weighted by Crippen LogP contribution is 2.26. The second kappa shape index (κ2) is 9.07. The van der Waals surface area contributed by atoms with Gasteiger partial charge in [-0.1, -0.05) is 32.0 Å². The van der Waals surface area contributed by atoms with Gasteiger partial charge in [0.05, 0.1) is 6.61 Å². The van der Waals surface area contributed by atoms with Crippen LogP contribution < -0.4 is 5.73 Å². The van der Waals surface area contributed by atoms with E-state index >= 15 is 0 Å². The summed E-state index contributed by atoms with van der Waals surface area (Å²) in [6.07, 6.45) is -2.46. The predicted octanol–water partition coefficient (Wildman–Crippen LogP) is 3.23. The van der Waals surface area contributed by atoms with Crippen LogP contribution in [0.3, 0.4) is 0 Å². The molecule has 0 radical (unpaired) electrons. The standard InChI is InChI=1S/C16H26F2N2O/c1-12(2)11-20(7-8-21-3)15(10-19)13-5-4-6-14(9-13)16(17)18/h4-6,9,12,15-16H,7-8,10-11,19H2,1-3H3. The fraction of sp³-hybridized carbons (Fsp3) is 0.625. The first-order valence-corrected chi connectivity index (χ1v) is 7.30. The van der Waals surface area contributed by atoms with Crippen molar-refractivity contribution in [1.29, 1.82) is 0 Å². The van der Waals surface area contributed by atoms with E-state index in [4.69, 9.17) is 10.5 Å². The lowest BCUT2D eigenvalue weighted by Gasteiger charge is -2.32. The zero-order chi connectivity index (χ0) is 15.8. The van der Waals surface area contributed by atoms with Crippen molar-refractivity contribution in [2.45, 2.75) is 26.3 Å². The molecule has 0 spiro atoms. The predicted molar refractivity (Wildman–Crippen MR) is 81.5 cm³/mol. The Hall–Kier alpha value is -1.04. The van der Waals surface area contributed by atoms with Crippen LogP contribution in [0.5, 0.6) is 0 Å². The van der Waals surface area contributed by atoms with Crippen molar-refractivity contribution >= 4 is 0 Å². The van der Waals surface area contributed by atoms with E-state index in [0.717, 1.165) is 18.7 Å². The number of hydrogen-bond acceptors (Lipinski definition) is 3. The Morgan fingerprint density at radius 3 is 2.43 bits per heavy atom. The van der Waals surface area contributed by atoms with Crippen molar-refractivity contribution < 1.29 is 13.5 Å². The number of rotatable bonds is 9. The van der Waals surface area contributed by atoms with E-state index in [2.05, 4.69) is 18.7 Å². The number of hydrogen-bond donors (Lipinski definition) is 1. The molecule has 1 aromatic rings. The van der Waals surface area contributed by atoms with E-state index in [1.54, 1.807) is 19.2 Å². The molecule has 0 heterocycles. The molecule has 0 fully saturated rings. The van der Waals surface area contributed by atoms with Crippen molar-refractivity contribution in [2.24, 2.45) is 11.7 Å². The molecule has 2 N–H and O–H groups in total. The van der Waals surface area contributed by atoms with Crippen LogP contribution >= 0.6 is 0 Å². The number of nitrogens with zero attached hydrogens (tertiary/aromatic N) is 1. The van der Waals surface area contributed by atoms with Crippen molar-refractivity contribution in [1.82, 2.24) is 4.90 Å². The van der Waals surface area contributed by atoms with Crippen LogP contribution in [0.1, 0.15) is 37.4 Å². The molecular weight excluding hydrogens is 274 g/mol. The molecule has 1 aromatic carbocycles. The number of benzene rings is 1. The van der Waals surface area contributed by atoms with Gasteiger partial charge in [0.1, 0.15) is 0 Å². The second-order valence-electron chi connectivity index (χ2n) is 5.60. The van der Waals surface area contributed by atoms with Gasteiger partial charge in [-0.2, -0.15) is 0 Å². The van der Waals surface area contributed by atoms with Gasteiger partial charge in [-0.25, -0.2) is 8.78 Å². The highest BCUT2D eigenvalue weighted by Gasteiger charge is 2.21. The summed E-state index contributed by atoms with van der Waals surface area (Å²) in [5.74, 6) is 0.467. The fourth-order valence-corrected chi connectivity index (χ4v) is 2.45. The number of ether oxygens (including phenoxy) is 1. The first-order valence-electron chi connectivity index (χ1n) is 7.30. The summed E-state index contributed by atoms with van der Waals surface area (Å²) in [5, 5.41) is 0. The lowest BCUT2D eigenvalue weighted by molar-refractivity contribution is 0.111. The van der Waals surface area contributed by atoms with Crippen LogP contribution in [0.15, 0.2) is 24.3 Å². The molecule has 0 saturated heterocycles. The molecule has 120 valence electrons. The first kappa shape index (κ1) is 18.0. The Bertz CT molecular complexity index is 413. The summed E-state index contributed by atoms with van der Waals surface area (Å²) in [4.78, 5) is 2.21. The Balaban J connectivity index is 2.97. The van der Waals surface area contributed by atoms with E-state index in [0.29, 0.717) is 19.1 Å². The normalized spacial score (nSPS) is 13.4. The third-order valence-corrected chi connectivity index (χ3v) is 3.39. The molecule has 0 aliphatic heterocycles. The molecule has 1 atom stereocenters. The minimum Gasteiger partial charge on any atom is -0.383 e. The molecule has 3 nitrogen and oxygen atoms in total. The summed E-state index contributed by atoms with van der Waals surface area (Å²) in [5.41, 5.74) is 6.79. The topological polar surface area (TPSA) is 38.5 Å². The molecule has 0 saturated carbocycles. The van der Waals surface area contributed by atoms with Gasteiger partial charge < -0.3 is 10.5 Å². The van der Waals surface area contributed by atoms with Crippen molar-refractivity contribution in [3.63, 3.8) is 0 Å². The largest absolute Gasteiger partial charge is 0.383 e. The van der Waals surface area contributed by atoms with Gasteiger partial charge in [0, 0.05) is 38.3 Å². The van der Waals surface area contributed by atoms with E-state index in [1.165, 1.54) is 6.07 Å². The molecule has 1 rings (SSSR count). The van der Waals surface area contributed by atoms with Gasteiger partial charge in [0.15, 0.2) is 0 Å². The van der Waals surface area contributed by atoms with Gasteiger partial charge in [0.2, 0.25) is 0 Å². The molecule has 5 heteroatoms. The zero-order valence-corrected chi connectivity index (χ0v) is 13.1. The zero-order valence-electron chi connectivity index (χ0n) is 13.1. The third-order valence-electron chi connectivity index (χ3n) is 3.39. The summed E-state index contributed by atoms with van der Waals surface area (Å²) in [6.45, 7) is 6.83. The fourth-order valence-electron chi connectivity index (χ4n) is 2.45. The number of nitrogens with two attached hydrogens (primary N) is 1. The highest BCUT2D eigenvalue weighted by molar-refractivity contribution is 5.27. The minimum absolute atomic E-state index is 0.0437. The summed E-state index contributed by atoms with van der Waals surface area (Å²) >= 11 is 0. The maximum atomic E-state index is 12.9. The first-order chi connectivity index (χ1) is 9.99. The smallest absolute Gasteiger partial charge is 0.263 e. The van der Waals surface area contributed by atoms with Crippen LogP contribution in [0.25, 0.3) is 0 Å². The molecule has 0 aromatic heterocycles. The van der Waals surface area contributed by atoms with Crippen LogP contribution in [0.4, 0.5) is 8.78 Å². The highest BCUT2D eigenvalue weighted by atomic mass is 19.3. The van der Waals surface area contributed by atoms with Crippen molar-refractivity contribution in [2.75, 3.05) is 33.4 Å². The Morgan fingerprint density at radius 1 is 1.24 bits per heavy atom. The SMILES string of the molecule is COCCN(CC(C)C)C(CN)c1cccc(C(F)F)c1. The third kappa shape index (κ3) is 5.69. The molecule has 1 unspecified atom stereocenters. The van der Waals surface area contributed by atoms with E-state index in [9.17, 15) is 8.78 Å². The molecule has 0 aliphatic rings. The monoisotopic (exact) mass is 300 g/mol. The molecular formula is C16H26F2N2O. The van der Waals surface area contributed by atoms with Crippen molar-refractivity contribution in [3.05, 3.63) is 35.4 Å². The minimum atomic E-state index is -2.46. The van der Waals surface area contributed by atoms with Crippen LogP contribution in [0.2, 0.25) is 0 Å². The van der Waals surface area contributed by atoms with Gasteiger partial charge in [0.25, 0.3) is 6.43 Å². The van der Waals surface area contributed by atoms with Gasteiger partial charge in [-0.3, -0.25) is 4.90 Å². The van der Waals surface area contributed by atoms with Crippen LogP contribution in [-0.4, -0.2) is 38.3 Å². The quantitative estimate of drug-likeness (QED) is 0.761. The molecule has 21 heavy (non-hydrogen) atoms. The second-order valence-corrected chi connectivity index (χ2v) is 5.60. The average molecular weight is 300 g/mol. The Kier molecular flexibility index (Phi) is 7.78. The Labute approximate surface area is 126 Å². The summed E-state index contributed by atoms with van der Waals surface area (Å²) in [7, 11) is 1.66. The summed E-state index contributed by atoms with van der Waals surface area (Å²) in [6, 6.07) is 6.47. The van der Waals surface area contributed by atoms with Gasteiger partial charge >= 0.3 is 0 Å². The maximum Gasteiger partial charge on any atom is 0.263 e. The lowest BCUT2D eigenvalue weighted by Crippen LogP contribution is -2.38. The van der Waals surface area contributed by atoms with Crippen molar-refractivity contribution in [3.8, 4) is 0 Å². The van der Waals surface area contributed by atoms with E-state index in [-0.39, 0.29) is 11.6 Å². The Morgan fingerprint density at radius 2 is 1.90 bits per heavy atom. The summed E-state index contributed by atoms with van der Waals surface area (Å²) < 4.78 is 30.9. The number of alkyl halides is 2. The number of halogens is 2. The van der Waals surface area contributed by atoms with E-state index < -0.39 is 6.43 Å². The van der Waals surface area contributed by atoms with E-state index in [1.807, 2.05) is 6.07 Å².